The number of nitrogens with one attached hydrogen (secondary N) is 2. The lowest BCUT2D eigenvalue weighted by Crippen LogP contribution is -2.24. The van der Waals surface area contributed by atoms with Gasteiger partial charge < -0.3 is 14.8 Å². The first-order valence-electron chi connectivity index (χ1n) is 9.02. The van der Waals surface area contributed by atoms with Gasteiger partial charge in [0, 0.05) is 5.69 Å². The Morgan fingerprint density at radius 3 is 2.74 bits per heavy atom. The minimum Gasteiger partial charge on any atom is -0.493 e. The molecule has 0 aliphatic heterocycles. The molecule has 2 aromatic rings. The highest BCUT2D eigenvalue weighted by Gasteiger charge is 2.05. The summed E-state index contributed by atoms with van der Waals surface area (Å²) in [6.07, 6.45) is 3.80. The summed E-state index contributed by atoms with van der Waals surface area (Å²) in [5.74, 6) is 1.43. The highest BCUT2D eigenvalue weighted by atomic mass is 32.1. The van der Waals surface area contributed by atoms with E-state index >= 15 is 0 Å². The quantitative estimate of drug-likeness (QED) is 0.296. The van der Waals surface area contributed by atoms with Gasteiger partial charge in [-0.15, -0.1) is 0 Å². The van der Waals surface area contributed by atoms with Gasteiger partial charge in [0.15, 0.2) is 16.6 Å². The summed E-state index contributed by atoms with van der Waals surface area (Å²) in [5.41, 5.74) is 7.06. The molecule has 6 heteroatoms. The maximum atomic E-state index is 5.74. The molecule has 0 amide bonds. The number of methoxy groups -OCH3 is 1. The second kappa shape index (κ2) is 10.5. The predicted molar refractivity (Wildman–Crippen MR) is 116 cm³/mol. The van der Waals surface area contributed by atoms with Crippen molar-refractivity contribution in [3.8, 4) is 11.5 Å². The van der Waals surface area contributed by atoms with Crippen LogP contribution in [-0.2, 0) is 0 Å². The summed E-state index contributed by atoms with van der Waals surface area (Å²) >= 11 is 5.30. The van der Waals surface area contributed by atoms with Crippen LogP contribution >= 0.6 is 12.2 Å². The lowest BCUT2D eigenvalue weighted by molar-refractivity contribution is 0.288. The van der Waals surface area contributed by atoms with Gasteiger partial charge in [-0.1, -0.05) is 25.5 Å². The van der Waals surface area contributed by atoms with Crippen LogP contribution in [0.2, 0.25) is 0 Å². The van der Waals surface area contributed by atoms with E-state index in [-0.39, 0.29) is 0 Å². The Bertz CT molecular complexity index is 806. The molecule has 0 atom stereocenters. The van der Waals surface area contributed by atoms with Crippen LogP contribution in [0.3, 0.4) is 0 Å². The summed E-state index contributed by atoms with van der Waals surface area (Å²) in [4.78, 5) is 0. The number of hydrogen-bond donors (Lipinski definition) is 2. The molecule has 0 unspecified atom stereocenters. The second-order valence-electron chi connectivity index (χ2n) is 6.18. The number of rotatable bonds is 8. The van der Waals surface area contributed by atoms with Gasteiger partial charge in [0.2, 0.25) is 0 Å². The van der Waals surface area contributed by atoms with E-state index in [2.05, 4.69) is 42.7 Å². The Labute approximate surface area is 166 Å². The van der Waals surface area contributed by atoms with Crippen LogP contribution in [0.5, 0.6) is 11.5 Å². The van der Waals surface area contributed by atoms with Crippen LogP contribution in [0.25, 0.3) is 0 Å². The minimum atomic E-state index is 0.437. The molecule has 0 bridgehead atoms. The van der Waals surface area contributed by atoms with Crippen molar-refractivity contribution < 1.29 is 9.47 Å². The molecule has 2 rings (SSSR count). The van der Waals surface area contributed by atoms with Crippen molar-refractivity contribution in [2.45, 2.75) is 33.6 Å². The van der Waals surface area contributed by atoms with Crippen LogP contribution in [0.1, 0.15) is 36.5 Å². The first-order chi connectivity index (χ1) is 13.0. The van der Waals surface area contributed by atoms with Crippen molar-refractivity contribution in [3.63, 3.8) is 0 Å². The van der Waals surface area contributed by atoms with Crippen molar-refractivity contribution in [1.82, 2.24) is 5.43 Å². The molecule has 0 aliphatic rings. The molecule has 0 spiro atoms. The van der Waals surface area contributed by atoms with Gasteiger partial charge in [-0.2, -0.15) is 5.10 Å². The number of thiocarbonyl (C=S) groups is 1. The molecule has 0 heterocycles. The van der Waals surface area contributed by atoms with E-state index in [1.54, 1.807) is 13.3 Å². The van der Waals surface area contributed by atoms with Crippen LogP contribution < -0.4 is 20.2 Å². The number of hydrogen-bond acceptors (Lipinski definition) is 4. The highest BCUT2D eigenvalue weighted by Crippen LogP contribution is 2.27. The average Bonchev–Trinajstić information content (AvgIpc) is 2.66. The van der Waals surface area contributed by atoms with Crippen molar-refractivity contribution in [3.05, 3.63) is 53.1 Å². The highest BCUT2D eigenvalue weighted by molar-refractivity contribution is 7.80. The fourth-order valence-corrected chi connectivity index (χ4v) is 2.58. The molecule has 0 saturated heterocycles. The number of benzene rings is 2. The monoisotopic (exact) mass is 385 g/mol. The van der Waals surface area contributed by atoms with E-state index in [1.807, 2.05) is 30.3 Å². The third-order valence-corrected chi connectivity index (χ3v) is 4.37. The molecule has 0 aromatic heterocycles. The number of unbranched alkanes of at least 4 members (excludes halogenated alkanes) is 1. The van der Waals surface area contributed by atoms with Crippen molar-refractivity contribution >= 4 is 29.2 Å². The predicted octanol–water partition coefficient (Wildman–Crippen LogP) is 4.81. The molecule has 2 aromatic carbocycles. The summed E-state index contributed by atoms with van der Waals surface area (Å²) < 4.78 is 11.1. The maximum absolute atomic E-state index is 5.74. The Kier molecular flexibility index (Phi) is 8.07. The Morgan fingerprint density at radius 2 is 2.00 bits per heavy atom. The van der Waals surface area contributed by atoms with Gasteiger partial charge in [-0.3, -0.25) is 5.43 Å². The van der Waals surface area contributed by atoms with E-state index in [4.69, 9.17) is 21.7 Å². The molecule has 144 valence electrons. The average molecular weight is 386 g/mol. The lowest BCUT2D eigenvalue weighted by atomic mass is 10.1. The van der Waals surface area contributed by atoms with Crippen LogP contribution in [0, 0.1) is 13.8 Å². The lowest BCUT2D eigenvalue weighted by Gasteiger charge is -2.12. The topological polar surface area (TPSA) is 54.9 Å². The molecule has 0 saturated carbocycles. The summed E-state index contributed by atoms with van der Waals surface area (Å²) in [5, 5.41) is 7.79. The number of nitrogens with zero attached hydrogens (tertiary/aromatic N) is 1. The van der Waals surface area contributed by atoms with E-state index in [0.717, 1.165) is 35.4 Å². The number of ether oxygens (including phenoxy) is 2. The van der Waals surface area contributed by atoms with Crippen molar-refractivity contribution in [1.29, 1.82) is 0 Å². The van der Waals surface area contributed by atoms with Gasteiger partial charge in [0.25, 0.3) is 0 Å². The van der Waals surface area contributed by atoms with Gasteiger partial charge in [0.05, 0.1) is 19.9 Å². The molecule has 27 heavy (non-hydrogen) atoms. The van der Waals surface area contributed by atoms with Gasteiger partial charge >= 0.3 is 0 Å². The number of hydrazone groups is 1. The fraction of sp³-hybridized carbons (Fsp3) is 0.333. The first-order valence-corrected chi connectivity index (χ1v) is 9.43. The summed E-state index contributed by atoms with van der Waals surface area (Å²) in [6.45, 7) is 6.94. The van der Waals surface area contributed by atoms with E-state index in [1.165, 1.54) is 5.56 Å². The minimum absolute atomic E-state index is 0.437. The zero-order valence-electron chi connectivity index (χ0n) is 16.3. The van der Waals surface area contributed by atoms with E-state index < -0.39 is 0 Å². The van der Waals surface area contributed by atoms with Gasteiger partial charge in [0.1, 0.15) is 0 Å². The van der Waals surface area contributed by atoms with Crippen LogP contribution in [0.4, 0.5) is 5.69 Å². The van der Waals surface area contributed by atoms with Crippen molar-refractivity contribution in [2.24, 2.45) is 5.10 Å². The largest absolute Gasteiger partial charge is 0.493 e. The number of anilines is 1. The standard InChI is InChI=1S/C21H27N3O2S/c1-5-6-12-26-19-11-10-17(13-20(19)25-4)14-22-24-21(27)23-18-9-7-8-15(2)16(18)3/h7-11,13-14H,5-6,12H2,1-4H3,(H2,23,24,27)/b22-14-. The van der Waals surface area contributed by atoms with E-state index in [9.17, 15) is 0 Å². The molecule has 0 fully saturated rings. The fourth-order valence-electron chi connectivity index (χ4n) is 2.41. The smallest absolute Gasteiger partial charge is 0.191 e. The normalized spacial score (nSPS) is 10.7. The SMILES string of the molecule is CCCCOc1ccc(/C=N\NC(=S)Nc2cccc(C)c2C)cc1OC. The third-order valence-electron chi connectivity index (χ3n) is 4.18. The third kappa shape index (κ3) is 6.25. The number of aryl methyl sites for hydroxylation is 1. The molecule has 0 radical (unpaired) electrons. The van der Waals surface area contributed by atoms with E-state index in [0.29, 0.717) is 17.5 Å². The van der Waals surface area contributed by atoms with Crippen LogP contribution in [-0.4, -0.2) is 25.0 Å². The van der Waals surface area contributed by atoms with Crippen molar-refractivity contribution in [2.75, 3.05) is 19.0 Å². The molecule has 5 nitrogen and oxygen atoms in total. The summed E-state index contributed by atoms with van der Waals surface area (Å²) in [6, 6.07) is 11.7. The maximum Gasteiger partial charge on any atom is 0.191 e. The first kappa shape index (κ1) is 20.7. The van der Waals surface area contributed by atoms with Gasteiger partial charge in [-0.05, 0) is 73.4 Å². The Balaban J connectivity index is 1.95. The zero-order valence-corrected chi connectivity index (χ0v) is 17.2. The Morgan fingerprint density at radius 1 is 1.19 bits per heavy atom. The second-order valence-corrected chi connectivity index (χ2v) is 6.59. The van der Waals surface area contributed by atoms with Crippen LogP contribution in [0.15, 0.2) is 41.5 Å². The Hall–Kier alpha value is -2.60. The summed E-state index contributed by atoms with van der Waals surface area (Å²) in [7, 11) is 1.63. The molecular weight excluding hydrogens is 358 g/mol. The zero-order chi connectivity index (χ0) is 19.6. The molecule has 0 aliphatic carbocycles. The van der Waals surface area contributed by atoms with Gasteiger partial charge in [-0.25, -0.2) is 0 Å². The molecular formula is C21H27N3O2S. The molecule has 2 N–H and O–H groups in total.